The summed E-state index contributed by atoms with van der Waals surface area (Å²) in [6.07, 6.45) is 0. The molecule has 5 nitrogen and oxygen atoms in total. The number of carboxylic acids is 1. The third-order valence-corrected chi connectivity index (χ3v) is 6.96. The van der Waals surface area contributed by atoms with Crippen molar-refractivity contribution in [1.29, 1.82) is 0 Å². The van der Waals surface area contributed by atoms with E-state index in [2.05, 4.69) is 0 Å². The Balaban J connectivity index is 2.09. The fourth-order valence-corrected chi connectivity index (χ4v) is 3.91. The normalized spacial score (nSPS) is 12.5. The molecule has 0 radical (unpaired) electrons. The molecule has 0 aliphatic heterocycles. The van der Waals surface area contributed by atoms with Crippen molar-refractivity contribution < 1.29 is 19.5 Å². The number of thioether (sulfide) groups is 1. The Hall–Kier alpha value is -2.60. The molecule has 0 aliphatic carbocycles. The van der Waals surface area contributed by atoms with Gasteiger partial charge in [0.05, 0.1) is 5.92 Å². The van der Waals surface area contributed by atoms with Gasteiger partial charge in [0.25, 0.3) is 0 Å². The van der Waals surface area contributed by atoms with Crippen LogP contribution in [0.3, 0.4) is 0 Å². The molecule has 0 aromatic heterocycles. The van der Waals surface area contributed by atoms with Crippen LogP contribution < -0.4 is 0 Å². The molecule has 0 fully saturated rings. The van der Waals surface area contributed by atoms with Gasteiger partial charge >= 0.3 is 5.97 Å². The van der Waals surface area contributed by atoms with Crippen LogP contribution >= 0.6 is 11.8 Å². The number of hydrogen-bond donors (Lipinski definition) is 1. The second kappa shape index (κ2) is 10.6. The molecule has 0 aliphatic rings. The molecule has 1 unspecified atom stereocenters. The molecule has 2 amide bonds. The van der Waals surface area contributed by atoms with Crippen LogP contribution in [0.15, 0.2) is 59.5 Å². The van der Waals surface area contributed by atoms with Crippen LogP contribution in [0, 0.1) is 17.3 Å². The number of nitrogens with zero attached hydrogens (tertiary/aromatic N) is 1. The van der Waals surface area contributed by atoms with Crippen molar-refractivity contribution in [1.82, 2.24) is 4.90 Å². The Morgan fingerprint density at radius 3 is 2.00 bits per heavy atom. The highest BCUT2D eigenvalue weighted by Crippen LogP contribution is 2.30. The maximum absolute atomic E-state index is 13.0. The summed E-state index contributed by atoms with van der Waals surface area (Å²) in [6, 6.07) is 17.9. The highest BCUT2D eigenvalue weighted by atomic mass is 32.2. The molecule has 2 aromatic rings. The lowest BCUT2D eigenvalue weighted by Crippen LogP contribution is -2.49. The van der Waals surface area contributed by atoms with E-state index in [4.69, 9.17) is 0 Å². The molecule has 1 atom stereocenters. The molecule has 0 saturated carbocycles. The predicted molar refractivity (Wildman–Crippen MR) is 125 cm³/mol. The van der Waals surface area contributed by atoms with Crippen LogP contribution in [-0.4, -0.2) is 40.1 Å². The standard InChI is InChI=1S/C25H31NO4S/c1-17(2)25(4,5)24(30)26(18(3)27)15-21(23(28)29)16-31-22-13-11-20(12-14-22)19-9-7-6-8-10-19/h6-14,17,21H,15-16H2,1-5H3,(H,28,29). The molecule has 2 aromatic carbocycles. The van der Waals surface area contributed by atoms with Crippen LogP contribution in [0.4, 0.5) is 0 Å². The molecular weight excluding hydrogens is 410 g/mol. The zero-order valence-electron chi connectivity index (χ0n) is 18.8. The van der Waals surface area contributed by atoms with Gasteiger partial charge in [-0.05, 0) is 29.2 Å². The van der Waals surface area contributed by atoms with E-state index in [0.29, 0.717) is 0 Å². The third kappa shape index (κ3) is 6.44. The summed E-state index contributed by atoms with van der Waals surface area (Å²) in [5.41, 5.74) is 1.45. The first-order chi connectivity index (χ1) is 14.5. The van der Waals surface area contributed by atoms with E-state index in [9.17, 15) is 19.5 Å². The van der Waals surface area contributed by atoms with Crippen molar-refractivity contribution >= 4 is 29.5 Å². The largest absolute Gasteiger partial charge is 0.481 e. The Kier molecular flexibility index (Phi) is 8.45. The van der Waals surface area contributed by atoms with Gasteiger partial charge in [0.15, 0.2) is 0 Å². The van der Waals surface area contributed by atoms with Gasteiger partial charge in [0, 0.05) is 29.5 Å². The molecule has 0 spiro atoms. The summed E-state index contributed by atoms with van der Waals surface area (Å²) < 4.78 is 0. The van der Waals surface area contributed by atoms with Crippen molar-refractivity contribution in [2.75, 3.05) is 12.3 Å². The Morgan fingerprint density at radius 2 is 1.52 bits per heavy atom. The maximum Gasteiger partial charge on any atom is 0.309 e. The average Bonchev–Trinajstić information content (AvgIpc) is 2.73. The number of carboxylic acid groups (broad SMARTS) is 1. The predicted octanol–water partition coefficient (Wildman–Crippen LogP) is 5.20. The lowest BCUT2D eigenvalue weighted by atomic mass is 9.79. The van der Waals surface area contributed by atoms with Gasteiger partial charge < -0.3 is 5.11 Å². The SMILES string of the molecule is CC(=O)N(CC(CSc1ccc(-c2ccccc2)cc1)C(=O)O)C(=O)C(C)(C)C(C)C. The Labute approximate surface area is 188 Å². The summed E-state index contributed by atoms with van der Waals surface area (Å²) >= 11 is 1.41. The molecule has 0 saturated heterocycles. The number of carbonyl (C=O) groups is 3. The van der Waals surface area contributed by atoms with E-state index < -0.39 is 23.2 Å². The quantitative estimate of drug-likeness (QED) is 0.541. The Bertz CT molecular complexity index is 907. The number of imide groups is 1. The second-order valence-corrected chi connectivity index (χ2v) is 9.64. The van der Waals surface area contributed by atoms with Crippen LogP contribution in [0.25, 0.3) is 11.1 Å². The zero-order valence-corrected chi connectivity index (χ0v) is 19.6. The second-order valence-electron chi connectivity index (χ2n) is 8.55. The number of amides is 2. The summed E-state index contributed by atoms with van der Waals surface area (Å²) in [6.45, 7) is 8.58. The lowest BCUT2D eigenvalue weighted by Gasteiger charge is -2.34. The van der Waals surface area contributed by atoms with Crippen molar-refractivity contribution in [2.45, 2.75) is 39.5 Å². The van der Waals surface area contributed by atoms with E-state index in [0.717, 1.165) is 20.9 Å². The minimum atomic E-state index is -1.02. The van der Waals surface area contributed by atoms with E-state index in [1.54, 1.807) is 13.8 Å². The highest BCUT2D eigenvalue weighted by Gasteiger charge is 2.38. The molecule has 6 heteroatoms. The van der Waals surface area contributed by atoms with Crippen molar-refractivity contribution in [3.05, 3.63) is 54.6 Å². The summed E-state index contributed by atoms with van der Waals surface area (Å²) in [4.78, 5) is 39.0. The third-order valence-electron chi connectivity index (χ3n) is 5.78. The van der Waals surface area contributed by atoms with Crippen molar-refractivity contribution in [2.24, 2.45) is 17.3 Å². The average molecular weight is 442 g/mol. The number of benzene rings is 2. The first-order valence-electron chi connectivity index (χ1n) is 10.4. The highest BCUT2D eigenvalue weighted by molar-refractivity contribution is 7.99. The molecule has 0 heterocycles. The van der Waals surface area contributed by atoms with Crippen molar-refractivity contribution in [3.63, 3.8) is 0 Å². The first kappa shape index (κ1) is 24.7. The zero-order chi connectivity index (χ0) is 23.2. The summed E-state index contributed by atoms with van der Waals surface area (Å²) in [5, 5.41) is 9.71. The minimum Gasteiger partial charge on any atom is -0.481 e. The number of aliphatic carboxylic acids is 1. The minimum absolute atomic E-state index is 0.0163. The van der Waals surface area contributed by atoms with E-state index >= 15 is 0 Å². The molecule has 166 valence electrons. The van der Waals surface area contributed by atoms with Gasteiger partial charge in [0.1, 0.15) is 0 Å². The van der Waals surface area contributed by atoms with Crippen LogP contribution in [0.1, 0.15) is 34.6 Å². The van der Waals surface area contributed by atoms with Crippen LogP contribution in [-0.2, 0) is 14.4 Å². The van der Waals surface area contributed by atoms with Gasteiger partial charge in [-0.3, -0.25) is 19.3 Å². The molecular formula is C25H31NO4S. The fraction of sp³-hybridized carbons (Fsp3) is 0.400. The van der Waals surface area contributed by atoms with Gasteiger partial charge in [-0.15, -0.1) is 11.8 Å². The van der Waals surface area contributed by atoms with Crippen LogP contribution in [0.5, 0.6) is 0 Å². The van der Waals surface area contributed by atoms with Gasteiger partial charge in [-0.1, -0.05) is 70.2 Å². The van der Waals surface area contributed by atoms with Gasteiger partial charge in [-0.25, -0.2) is 0 Å². The van der Waals surface area contributed by atoms with E-state index in [1.165, 1.54) is 18.7 Å². The fourth-order valence-electron chi connectivity index (χ4n) is 2.94. The lowest BCUT2D eigenvalue weighted by molar-refractivity contribution is -0.153. The van der Waals surface area contributed by atoms with Gasteiger partial charge in [-0.2, -0.15) is 0 Å². The molecule has 1 N–H and O–H groups in total. The van der Waals surface area contributed by atoms with Gasteiger partial charge in [0.2, 0.25) is 11.8 Å². The topological polar surface area (TPSA) is 74.7 Å². The number of rotatable bonds is 9. The Morgan fingerprint density at radius 1 is 0.968 bits per heavy atom. The molecule has 2 rings (SSSR count). The van der Waals surface area contributed by atoms with Crippen molar-refractivity contribution in [3.8, 4) is 11.1 Å². The van der Waals surface area contributed by atoms with Crippen LogP contribution in [0.2, 0.25) is 0 Å². The summed E-state index contributed by atoms with van der Waals surface area (Å²) in [7, 11) is 0. The van der Waals surface area contributed by atoms with E-state index in [1.807, 2.05) is 68.4 Å². The number of carbonyl (C=O) groups excluding carboxylic acids is 2. The molecule has 31 heavy (non-hydrogen) atoms. The first-order valence-corrected chi connectivity index (χ1v) is 11.4. The maximum atomic E-state index is 13.0. The number of hydrogen-bond acceptors (Lipinski definition) is 4. The smallest absolute Gasteiger partial charge is 0.309 e. The van der Waals surface area contributed by atoms with E-state index in [-0.39, 0.29) is 24.1 Å². The molecule has 0 bridgehead atoms. The summed E-state index contributed by atoms with van der Waals surface area (Å²) in [5.74, 6) is -2.35. The monoisotopic (exact) mass is 441 g/mol.